The van der Waals surface area contributed by atoms with Crippen molar-refractivity contribution in [2.24, 2.45) is 0 Å². The molecule has 28 heavy (non-hydrogen) atoms. The van der Waals surface area contributed by atoms with Gasteiger partial charge in [0.1, 0.15) is 12.1 Å². The Morgan fingerprint density at radius 2 is 1.18 bits per heavy atom. The summed E-state index contributed by atoms with van der Waals surface area (Å²) in [7, 11) is 0. The molecule has 3 rings (SSSR count). The second-order valence-corrected chi connectivity index (χ2v) is 9.75. The van der Waals surface area contributed by atoms with E-state index in [1.54, 1.807) is 46.2 Å². The molecule has 0 spiro atoms. The number of rotatable bonds is 6. The second-order valence-electron chi connectivity index (χ2n) is 5.30. The lowest BCUT2D eigenvalue weighted by atomic mass is 10.2. The molecule has 3 heterocycles. The molecule has 0 aliphatic carbocycles. The van der Waals surface area contributed by atoms with Gasteiger partial charge in [-0.05, 0) is 61.1 Å². The van der Waals surface area contributed by atoms with Gasteiger partial charge in [0, 0.05) is 9.75 Å². The van der Waals surface area contributed by atoms with E-state index in [1.165, 1.54) is 8.42 Å². The molecule has 3 aromatic heterocycles. The third kappa shape index (κ3) is 4.92. The minimum Gasteiger partial charge on any atom is -0.232 e. The van der Waals surface area contributed by atoms with Crippen LogP contribution < -0.4 is 0 Å². The van der Waals surface area contributed by atoms with Gasteiger partial charge in [-0.1, -0.05) is 0 Å². The molecule has 0 bridgehead atoms. The highest BCUT2D eigenvalue weighted by Gasteiger charge is 2.10. The fourth-order valence-electron chi connectivity index (χ4n) is 2.25. The van der Waals surface area contributed by atoms with Crippen LogP contribution in [0.15, 0.2) is 32.7 Å². The summed E-state index contributed by atoms with van der Waals surface area (Å²) in [6, 6.07) is 12.1. The summed E-state index contributed by atoms with van der Waals surface area (Å²) in [5.74, 6) is 0. The van der Waals surface area contributed by atoms with E-state index in [0.717, 1.165) is 9.75 Å². The molecular weight excluding hydrogens is 425 g/mol. The largest absolute Gasteiger partial charge is 0.232 e. The molecule has 138 valence electrons. The van der Waals surface area contributed by atoms with E-state index in [0.29, 0.717) is 11.4 Å². The zero-order chi connectivity index (χ0) is 19.9. The number of nitrogens with zero attached hydrogens (tertiary/aromatic N) is 4. The molecule has 0 atom stereocenters. The Bertz CT molecular complexity index is 1040. The fourth-order valence-corrected chi connectivity index (χ4v) is 5.19. The predicted molar refractivity (Wildman–Crippen MR) is 122 cm³/mol. The quantitative estimate of drug-likeness (QED) is 0.431. The lowest BCUT2D eigenvalue weighted by Gasteiger charge is -2.02. The lowest BCUT2D eigenvalue weighted by molar-refractivity contribution is 1.10. The van der Waals surface area contributed by atoms with Crippen molar-refractivity contribution in [3.05, 3.63) is 56.8 Å². The number of hydrogen-bond donors (Lipinski definition) is 0. The van der Waals surface area contributed by atoms with Crippen LogP contribution in [-0.4, -0.2) is 22.5 Å². The Balaban J connectivity index is 1.98. The van der Waals surface area contributed by atoms with Gasteiger partial charge < -0.3 is 0 Å². The first kappa shape index (κ1) is 20.4. The zero-order valence-corrected chi connectivity index (χ0v) is 18.3. The highest BCUT2D eigenvalue weighted by atomic mass is 32.2. The average Bonchev–Trinajstić information content (AvgIpc) is 3.39. The molecule has 0 radical (unpaired) electrons. The highest BCUT2D eigenvalue weighted by Crippen LogP contribution is 2.28. The standard InChI is InChI=1S/C20H14N4S4/c1-25-19-9-5-13(27-19)3-7-15-16(24-18(12-22)17(11-21)23-15)8-4-14-6-10-20(26-2)28-14/h3-10H,1-2H3/b7-3+,8-4+. The Hall–Kier alpha value is -2.36. The molecule has 0 fully saturated rings. The third-order valence-electron chi connectivity index (χ3n) is 3.58. The van der Waals surface area contributed by atoms with Crippen LogP contribution in [0.1, 0.15) is 32.5 Å². The summed E-state index contributed by atoms with van der Waals surface area (Å²) in [6.07, 6.45) is 11.7. The normalized spacial score (nSPS) is 11.1. The van der Waals surface area contributed by atoms with Gasteiger partial charge in [-0.3, -0.25) is 0 Å². The topological polar surface area (TPSA) is 73.4 Å². The van der Waals surface area contributed by atoms with E-state index < -0.39 is 0 Å². The Labute approximate surface area is 180 Å². The summed E-state index contributed by atoms with van der Waals surface area (Å²) < 4.78 is 2.45. The first-order chi connectivity index (χ1) is 13.7. The summed E-state index contributed by atoms with van der Waals surface area (Å²) in [6.45, 7) is 0. The Morgan fingerprint density at radius 3 is 1.50 bits per heavy atom. The van der Waals surface area contributed by atoms with Crippen LogP contribution in [0.25, 0.3) is 24.3 Å². The summed E-state index contributed by atoms with van der Waals surface area (Å²) >= 11 is 6.77. The molecule has 0 saturated carbocycles. The molecule has 0 aliphatic heterocycles. The minimum atomic E-state index is 0.0380. The van der Waals surface area contributed by atoms with Gasteiger partial charge in [-0.2, -0.15) is 10.5 Å². The fraction of sp³-hybridized carbons (Fsp3) is 0.100. The molecule has 0 unspecified atom stereocenters. The molecule has 0 N–H and O–H groups in total. The van der Waals surface area contributed by atoms with Gasteiger partial charge in [-0.15, -0.1) is 46.2 Å². The predicted octanol–water partition coefficient (Wildman–Crippen LogP) is 6.13. The number of nitriles is 2. The number of aromatic nitrogens is 2. The van der Waals surface area contributed by atoms with Crippen molar-refractivity contribution >= 4 is 70.5 Å². The molecule has 0 aromatic carbocycles. The number of thioether (sulfide) groups is 2. The Kier molecular flexibility index (Phi) is 7.07. The van der Waals surface area contributed by atoms with Crippen molar-refractivity contribution in [3.63, 3.8) is 0 Å². The number of thiophene rings is 2. The maximum Gasteiger partial charge on any atom is 0.177 e. The molecule has 0 aliphatic rings. The Morgan fingerprint density at radius 1 is 0.750 bits per heavy atom. The van der Waals surface area contributed by atoms with Crippen LogP contribution >= 0.6 is 46.2 Å². The first-order valence-corrected chi connectivity index (χ1v) is 12.1. The SMILES string of the molecule is CSc1ccc(/C=C/c2nc(C#N)c(C#N)nc2/C=C/c2ccc(SC)s2)s1. The van der Waals surface area contributed by atoms with E-state index in [-0.39, 0.29) is 11.4 Å². The van der Waals surface area contributed by atoms with E-state index in [4.69, 9.17) is 0 Å². The summed E-state index contributed by atoms with van der Waals surface area (Å²) in [5.41, 5.74) is 1.20. The van der Waals surface area contributed by atoms with Crippen LogP contribution in [0, 0.1) is 22.7 Å². The van der Waals surface area contributed by atoms with Crippen molar-refractivity contribution in [2.45, 2.75) is 8.42 Å². The van der Waals surface area contributed by atoms with E-state index >= 15 is 0 Å². The molecular formula is C20H14N4S4. The smallest absolute Gasteiger partial charge is 0.177 e. The third-order valence-corrected chi connectivity index (χ3v) is 7.85. The van der Waals surface area contributed by atoms with Crippen LogP contribution in [0.5, 0.6) is 0 Å². The van der Waals surface area contributed by atoms with Crippen molar-refractivity contribution < 1.29 is 0 Å². The molecule has 3 aromatic rings. The first-order valence-electron chi connectivity index (χ1n) is 8.03. The molecule has 4 nitrogen and oxygen atoms in total. The van der Waals surface area contributed by atoms with Gasteiger partial charge in [0.15, 0.2) is 11.4 Å². The van der Waals surface area contributed by atoms with E-state index in [9.17, 15) is 10.5 Å². The van der Waals surface area contributed by atoms with Gasteiger partial charge in [0.05, 0.1) is 19.8 Å². The van der Waals surface area contributed by atoms with Crippen LogP contribution in [0.4, 0.5) is 0 Å². The van der Waals surface area contributed by atoms with Crippen molar-refractivity contribution in [1.29, 1.82) is 10.5 Å². The lowest BCUT2D eigenvalue weighted by Crippen LogP contribution is -2.00. The van der Waals surface area contributed by atoms with Crippen molar-refractivity contribution in [2.75, 3.05) is 12.5 Å². The minimum absolute atomic E-state index is 0.0380. The zero-order valence-electron chi connectivity index (χ0n) is 15.0. The maximum atomic E-state index is 9.28. The maximum absolute atomic E-state index is 9.28. The van der Waals surface area contributed by atoms with Crippen molar-refractivity contribution in [1.82, 2.24) is 9.97 Å². The summed E-state index contributed by atoms with van der Waals surface area (Å²) in [4.78, 5) is 10.9. The molecule has 0 saturated heterocycles. The van der Waals surface area contributed by atoms with E-state index in [2.05, 4.69) is 22.1 Å². The van der Waals surface area contributed by atoms with Crippen LogP contribution in [0.3, 0.4) is 0 Å². The van der Waals surface area contributed by atoms with Crippen molar-refractivity contribution in [3.8, 4) is 12.1 Å². The molecule has 0 amide bonds. The van der Waals surface area contributed by atoms with Gasteiger partial charge in [0.25, 0.3) is 0 Å². The van der Waals surface area contributed by atoms with Crippen LogP contribution in [0.2, 0.25) is 0 Å². The van der Waals surface area contributed by atoms with Gasteiger partial charge in [-0.25, -0.2) is 9.97 Å². The van der Waals surface area contributed by atoms with Gasteiger partial charge >= 0.3 is 0 Å². The molecule has 8 heteroatoms. The van der Waals surface area contributed by atoms with E-state index in [1.807, 2.05) is 61.1 Å². The highest BCUT2D eigenvalue weighted by molar-refractivity contribution is 8.00. The van der Waals surface area contributed by atoms with Gasteiger partial charge in [0.2, 0.25) is 0 Å². The second kappa shape index (κ2) is 9.72. The number of hydrogen-bond acceptors (Lipinski definition) is 8. The van der Waals surface area contributed by atoms with Crippen LogP contribution in [-0.2, 0) is 0 Å². The summed E-state index contributed by atoms with van der Waals surface area (Å²) in [5, 5.41) is 18.6. The average molecular weight is 439 g/mol. The monoisotopic (exact) mass is 438 g/mol.